The number of carbonyl (C=O) groups excluding carboxylic acids is 2. The monoisotopic (exact) mass is 675 g/mol. The molecule has 0 aliphatic rings. The summed E-state index contributed by atoms with van der Waals surface area (Å²) in [5.41, 5.74) is 7.22. The molecule has 0 bridgehead atoms. The Labute approximate surface area is 287 Å². The molecule has 0 atom stereocenters. The Kier molecular flexibility index (Phi) is 9.90. The van der Waals surface area contributed by atoms with Crippen molar-refractivity contribution in [2.24, 2.45) is 0 Å². The quantitative estimate of drug-likeness (QED) is 0.170. The Bertz CT molecular complexity index is 2240. The van der Waals surface area contributed by atoms with Crippen molar-refractivity contribution in [2.75, 3.05) is 14.2 Å². The van der Waals surface area contributed by atoms with Crippen molar-refractivity contribution < 1.29 is 19.1 Å². The van der Waals surface area contributed by atoms with E-state index in [4.69, 9.17) is 32.7 Å². The van der Waals surface area contributed by atoms with Gasteiger partial charge in [0.1, 0.15) is 5.82 Å². The van der Waals surface area contributed by atoms with Gasteiger partial charge in [0.2, 0.25) is 0 Å². The molecule has 240 valence electrons. The Hall–Kier alpha value is -5.37. The summed E-state index contributed by atoms with van der Waals surface area (Å²) in [5.74, 6) is 0.135. The highest BCUT2D eigenvalue weighted by Crippen LogP contribution is 2.25. The van der Waals surface area contributed by atoms with Gasteiger partial charge in [0.05, 0.1) is 30.9 Å². The lowest BCUT2D eigenvalue weighted by Gasteiger charge is -2.09. The maximum atomic E-state index is 12.1. The second kappa shape index (κ2) is 14.6. The largest absolute Gasteiger partial charge is 0.465 e. The number of nitrogens with zero attached hydrogens (tertiary/aromatic N) is 2. The van der Waals surface area contributed by atoms with E-state index in [0.717, 1.165) is 49.9 Å². The molecule has 0 aliphatic heterocycles. The predicted octanol–water partition coefficient (Wildman–Crippen LogP) is 9.25. The normalized spacial score (nSPS) is 10.8. The molecule has 0 spiro atoms. The van der Waals surface area contributed by atoms with Crippen LogP contribution >= 0.6 is 23.2 Å². The van der Waals surface area contributed by atoms with Crippen LogP contribution in [0.5, 0.6) is 0 Å². The lowest BCUT2D eigenvalue weighted by molar-refractivity contribution is 0.0590. The highest BCUT2D eigenvalue weighted by atomic mass is 35.5. The van der Waals surface area contributed by atoms with Gasteiger partial charge in [-0.2, -0.15) is 0 Å². The summed E-state index contributed by atoms with van der Waals surface area (Å²) in [5, 5.41) is 3.31. The maximum absolute atomic E-state index is 12.1. The van der Waals surface area contributed by atoms with E-state index in [2.05, 4.69) is 50.9 Å². The summed E-state index contributed by atoms with van der Waals surface area (Å²) < 4.78 is 11.8. The molecule has 0 saturated heterocycles. The number of ether oxygens (including phenoxy) is 2. The third-order valence-electron chi connectivity index (χ3n) is 8.01. The van der Waals surface area contributed by atoms with Crippen molar-refractivity contribution in [2.45, 2.75) is 12.8 Å². The third-order valence-corrected chi connectivity index (χ3v) is 8.48. The Balaban J connectivity index is 0.000000173. The van der Waals surface area contributed by atoms with Crippen molar-refractivity contribution in [3.63, 3.8) is 0 Å². The van der Waals surface area contributed by atoms with E-state index >= 15 is 0 Å². The van der Waals surface area contributed by atoms with E-state index in [1.165, 1.54) is 14.2 Å². The lowest BCUT2D eigenvalue weighted by atomic mass is 9.99. The van der Waals surface area contributed by atoms with E-state index in [-0.39, 0.29) is 11.9 Å². The molecule has 3 heterocycles. The zero-order valence-electron chi connectivity index (χ0n) is 26.2. The van der Waals surface area contributed by atoms with Crippen LogP contribution in [0.3, 0.4) is 0 Å². The number of halogens is 2. The zero-order valence-corrected chi connectivity index (χ0v) is 27.8. The number of carbonyl (C=O) groups is 2. The molecular formula is C39H31Cl2N3O4. The van der Waals surface area contributed by atoms with Crippen LogP contribution in [-0.2, 0) is 22.3 Å². The second-order valence-corrected chi connectivity index (χ2v) is 12.0. The number of aromatic nitrogens is 3. The summed E-state index contributed by atoms with van der Waals surface area (Å²) >= 11 is 12.0. The molecule has 0 amide bonds. The fourth-order valence-corrected chi connectivity index (χ4v) is 6.00. The topological polar surface area (TPSA) is 86.2 Å². The predicted molar refractivity (Wildman–Crippen MR) is 191 cm³/mol. The molecule has 0 radical (unpaired) electrons. The summed E-state index contributed by atoms with van der Waals surface area (Å²) in [6, 6.07) is 33.0. The smallest absolute Gasteiger partial charge is 0.338 e. The molecule has 3 aromatic heterocycles. The van der Waals surface area contributed by atoms with E-state index in [9.17, 15) is 9.59 Å². The zero-order chi connectivity index (χ0) is 33.6. The van der Waals surface area contributed by atoms with Crippen LogP contribution in [0.15, 0.2) is 122 Å². The summed E-state index contributed by atoms with van der Waals surface area (Å²) in [6.45, 7) is 0. The molecule has 0 saturated carbocycles. The standard InChI is InChI=1S/C22H17ClN2O2.C17H14ClNO2/c1-27-22(26)19-14-18(23)7-6-16(19)12-15-5-8-20-17(13-15)9-11-25(20)21-4-2-3-10-24-21;1-21-17(20)15-10-14(18)4-3-12(15)8-11-2-5-16-13(9-11)6-7-19-16/h2-11,13-14H,12H2,1H3;2-7,9-10,19H,8H2,1H3. The number of hydrogen-bond acceptors (Lipinski definition) is 5. The number of hydrogen-bond donors (Lipinski definition) is 1. The first-order chi connectivity index (χ1) is 23.3. The van der Waals surface area contributed by atoms with Crippen LogP contribution in [0.2, 0.25) is 10.0 Å². The van der Waals surface area contributed by atoms with Gasteiger partial charge < -0.3 is 19.0 Å². The fraction of sp³-hybridized carbons (Fsp3) is 0.103. The molecule has 7 nitrogen and oxygen atoms in total. The van der Waals surface area contributed by atoms with Crippen molar-refractivity contribution in [1.29, 1.82) is 0 Å². The SMILES string of the molecule is COC(=O)c1cc(Cl)ccc1Cc1ccc2[nH]ccc2c1.COC(=O)c1cc(Cl)ccc1Cc1ccc2c(ccn2-c2ccccn2)c1. The van der Waals surface area contributed by atoms with Crippen molar-refractivity contribution in [1.82, 2.24) is 14.5 Å². The van der Waals surface area contributed by atoms with Gasteiger partial charge in [-0.15, -0.1) is 0 Å². The number of fused-ring (bicyclic) bond motifs is 2. The van der Waals surface area contributed by atoms with Crippen LogP contribution in [-0.4, -0.2) is 40.7 Å². The summed E-state index contributed by atoms with van der Waals surface area (Å²) in [4.78, 5) is 31.5. The van der Waals surface area contributed by atoms with E-state index in [1.807, 2.05) is 54.9 Å². The molecule has 1 N–H and O–H groups in total. The first kappa shape index (κ1) is 32.6. The Morgan fingerprint density at radius 3 is 1.94 bits per heavy atom. The van der Waals surface area contributed by atoms with E-state index in [0.29, 0.717) is 34.0 Å². The average molecular weight is 677 g/mol. The molecule has 0 unspecified atom stereocenters. The fourth-order valence-electron chi connectivity index (χ4n) is 5.66. The third kappa shape index (κ3) is 7.28. The summed E-state index contributed by atoms with van der Waals surface area (Å²) in [6.07, 6.45) is 6.98. The highest BCUT2D eigenvalue weighted by molar-refractivity contribution is 6.31. The molecular weight excluding hydrogens is 645 g/mol. The average Bonchev–Trinajstić information content (AvgIpc) is 3.76. The Morgan fingerprint density at radius 1 is 0.708 bits per heavy atom. The van der Waals surface area contributed by atoms with Gasteiger partial charge in [0.25, 0.3) is 0 Å². The first-order valence-electron chi connectivity index (χ1n) is 15.1. The summed E-state index contributed by atoms with van der Waals surface area (Å²) in [7, 11) is 2.75. The van der Waals surface area contributed by atoms with Crippen LogP contribution in [0.1, 0.15) is 43.0 Å². The minimum atomic E-state index is -0.380. The minimum absolute atomic E-state index is 0.366. The molecule has 9 heteroatoms. The van der Waals surface area contributed by atoms with Crippen molar-refractivity contribution in [3.8, 4) is 5.82 Å². The number of H-pyrrole nitrogens is 1. The molecule has 4 aromatic carbocycles. The van der Waals surface area contributed by atoms with Gasteiger partial charge >= 0.3 is 11.9 Å². The Morgan fingerprint density at radius 2 is 1.33 bits per heavy atom. The lowest BCUT2D eigenvalue weighted by Crippen LogP contribution is -2.06. The number of benzene rings is 4. The van der Waals surface area contributed by atoms with Crippen molar-refractivity contribution in [3.05, 3.63) is 165 Å². The van der Waals surface area contributed by atoms with Gasteiger partial charge in [-0.25, -0.2) is 14.6 Å². The number of nitrogens with one attached hydrogen (secondary N) is 1. The van der Waals surface area contributed by atoms with Crippen LogP contribution in [0, 0.1) is 0 Å². The number of esters is 2. The number of pyridine rings is 1. The van der Waals surface area contributed by atoms with Gasteiger partial charge in [-0.3, -0.25) is 0 Å². The van der Waals surface area contributed by atoms with E-state index < -0.39 is 0 Å². The van der Waals surface area contributed by atoms with E-state index in [1.54, 1.807) is 30.5 Å². The van der Waals surface area contributed by atoms with Crippen molar-refractivity contribution >= 4 is 56.9 Å². The van der Waals surface area contributed by atoms with Gasteiger partial charge in [0, 0.05) is 39.5 Å². The molecule has 0 fully saturated rings. The first-order valence-corrected chi connectivity index (χ1v) is 15.9. The molecule has 7 rings (SSSR count). The van der Waals surface area contributed by atoms with Gasteiger partial charge in [-0.05, 0) is 113 Å². The van der Waals surface area contributed by atoms with Gasteiger partial charge in [0.15, 0.2) is 0 Å². The molecule has 7 aromatic rings. The van der Waals surface area contributed by atoms with Crippen LogP contribution in [0.25, 0.3) is 27.6 Å². The number of rotatable bonds is 7. The number of aromatic amines is 1. The highest BCUT2D eigenvalue weighted by Gasteiger charge is 2.15. The van der Waals surface area contributed by atoms with Crippen LogP contribution < -0.4 is 0 Å². The van der Waals surface area contributed by atoms with Crippen LogP contribution in [0.4, 0.5) is 0 Å². The van der Waals surface area contributed by atoms with Gasteiger partial charge in [-0.1, -0.05) is 53.5 Å². The maximum Gasteiger partial charge on any atom is 0.338 e. The number of methoxy groups -OCH3 is 2. The minimum Gasteiger partial charge on any atom is -0.465 e. The molecule has 48 heavy (non-hydrogen) atoms. The second-order valence-electron chi connectivity index (χ2n) is 11.1. The molecule has 0 aliphatic carbocycles.